The first kappa shape index (κ1) is 19.6. The molecule has 0 fully saturated rings. The van der Waals surface area contributed by atoms with E-state index in [1.54, 1.807) is 0 Å². The summed E-state index contributed by atoms with van der Waals surface area (Å²) in [6.07, 6.45) is 0. The molecule has 0 aliphatic carbocycles. The second-order valence-electron chi connectivity index (χ2n) is 5.43. The molecule has 1 N–H and O–H groups in total. The van der Waals surface area contributed by atoms with Gasteiger partial charge in [0.25, 0.3) is 11.6 Å². The van der Waals surface area contributed by atoms with Gasteiger partial charge in [-0.2, -0.15) is 0 Å². The highest BCUT2D eigenvalue weighted by Gasteiger charge is 2.20. The second kappa shape index (κ2) is 7.87. The highest BCUT2D eigenvalue weighted by Crippen LogP contribution is 2.36. The summed E-state index contributed by atoms with van der Waals surface area (Å²) in [7, 11) is 0. The number of nitrogens with one attached hydrogen (secondary N) is 1. The SMILES string of the molecule is O=C(COC(=O)c1sc2cc(F)ccc2c1Cl)Nc1cc([N+](=O)[O-])ccc1F. The van der Waals surface area contributed by atoms with Gasteiger partial charge in [-0.15, -0.1) is 11.3 Å². The Morgan fingerprint density at radius 2 is 1.96 bits per heavy atom. The Bertz CT molecular complexity index is 1120. The number of ether oxygens (including phenoxy) is 1. The van der Waals surface area contributed by atoms with E-state index in [9.17, 15) is 28.5 Å². The summed E-state index contributed by atoms with van der Waals surface area (Å²) in [6, 6.07) is 6.43. The van der Waals surface area contributed by atoms with Crippen molar-refractivity contribution in [2.45, 2.75) is 0 Å². The molecule has 0 spiro atoms. The molecular weight excluding hydrogens is 418 g/mol. The summed E-state index contributed by atoms with van der Waals surface area (Å²) in [5.74, 6) is -3.21. The van der Waals surface area contributed by atoms with Crippen LogP contribution < -0.4 is 5.32 Å². The van der Waals surface area contributed by atoms with Crippen LogP contribution in [0.25, 0.3) is 10.1 Å². The number of hydrogen-bond acceptors (Lipinski definition) is 6. The van der Waals surface area contributed by atoms with Crippen molar-refractivity contribution in [2.75, 3.05) is 11.9 Å². The summed E-state index contributed by atoms with van der Waals surface area (Å²) in [5, 5.41) is 13.3. The molecule has 1 heterocycles. The summed E-state index contributed by atoms with van der Waals surface area (Å²) in [6.45, 7) is -0.778. The number of rotatable bonds is 5. The van der Waals surface area contributed by atoms with Crippen molar-refractivity contribution < 1.29 is 28.0 Å². The van der Waals surface area contributed by atoms with Gasteiger partial charge in [0.15, 0.2) is 6.61 Å². The fraction of sp³-hybridized carbons (Fsp3) is 0.0588. The van der Waals surface area contributed by atoms with E-state index in [-0.39, 0.29) is 9.90 Å². The molecule has 0 radical (unpaired) electrons. The maximum Gasteiger partial charge on any atom is 0.350 e. The molecule has 3 aromatic rings. The lowest BCUT2D eigenvalue weighted by molar-refractivity contribution is -0.384. The molecule has 28 heavy (non-hydrogen) atoms. The zero-order valence-corrected chi connectivity index (χ0v) is 15.3. The van der Waals surface area contributed by atoms with Crippen LogP contribution in [0, 0.1) is 21.7 Å². The molecule has 0 atom stereocenters. The minimum atomic E-state index is -0.915. The van der Waals surface area contributed by atoms with E-state index >= 15 is 0 Å². The van der Waals surface area contributed by atoms with Crippen LogP contribution in [0.1, 0.15) is 9.67 Å². The fourth-order valence-electron chi connectivity index (χ4n) is 2.28. The van der Waals surface area contributed by atoms with Crippen molar-refractivity contribution in [1.29, 1.82) is 0 Å². The lowest BCUT2D eigenvalue weighted by Gasteiger charge is -2.07. The number of fused-ring (bicyclic) bond motifs is 1. The van der Waals surface area contributed by atoms with Crippen molar-refractivity contribution in [3.8, 4) is 0 Å². The Balaban J connectivity index is 1.68. The highest BCUT2D eigenvalue weighted by molar-refractivity contribution is 7.21. The molecule has 0 unspecified atom stereocenters. The Morgan fingerprint density at radius 1 is 1.21 bits per heavy atom. The third kappa shape index (κ3) is 4.07. The van der Waals surface area contributed by atoms with E-state index in [0.29, 0.717) is 10.1 Å². The Labute approximate surface area is 164 Å². The van der Waals surface area contributed by atoms with Gasteiger partial charge in [-0.3, -0.25) is 14.9 Å². The Hall–Kier alpha value is -3.11. The molecule has 0 saturated carbocycles. The van der Waals surface area contributed by atoms with Crippen LogP contribution >= 0.6 is 22.9 Å². The Kier molecular flexibility index (Phi) is 5.52. The Morgan fingerprint density at radius 3 is 2.68 bits per heavy atom. The first-order valence-corrected chi connectivity index (χ1v) is 8.74. The number of benzene rings is 2. The maximum absolute atomic E-state index is 13.7. The van der Waals surface area contributed by atoms with E-state index < -0.39 is 46.4 Å². The average molecular weight is 427 g/mol. The summed E-state index contributed by atoms with van der Waals surface area (Å²) in [4.78, 5) is 34.0. The number of amides is 1. The molecule has 7 nitrogen and oxygen atoms in total. The van der Waals surface area contributed by atoms with Crippen LogP contribution in [0.5, 0.6) is 0 Å². The molecule has 11 heteroatoms. The number of carbonyl (C=O) groups is 2. The number of nitrogens with zero attached hydrogens (tertiary/aromatic N) is 1. The molecule has 0 saturated heterocycles. The fourth-order valence-corrected chi connectivity index (χ4v) is 3.70. The van der Waals surface area contributed by atoms with Crippen LogP contribution in [-0.2, 0) is 9.53 Å². The zero-order chi connectivity index (χ0) is 20.4. The van der Waals surface area contributed by atoms with Crippen molar-refractivity contribution in [2.24, 2.45) is 0 Å². The number of hydrogen-bond donors (Lipinski definition) is 1. The molecular formula is C17H9ClF2N2O5S. The first-order valence-electron chi connectivity index (χ1n) is 7.54. The number of esters is 1. The van der Waals surface area contributed by atoms with Gasteiger partial charge < -0.3 is 10.1 Å². The number of nitro benzene ring substituents is 1. The minimum Gasteiger partial charge on any atom is -0.451 e. The zero-order valence-electron chi connectivity index (χ0n) is 13.7. The number of carbonyl (C=O) groups excluding carboxylic acids is 2. The van der Waals surface area contributed by atoms with E-state index in [1.165, 1.54) is 18.2 Å². The van der Waals surface area contributed by atoms with Crippen LogP contribution in [0.4, 0.5) is 20.2 Å². The van der Waals surface area contributed by atoms with Gasteiger partial charge >= 0.3 is 5.97 Å². The number of thiophene rings is 1. The van der Waals surface area contributed by atoms with Crippen molar-refractivity contribution >= 4 is 56.3 Å². The van der Waals surface area contributed by atoms with Gasteiger partial charge in [0.1, 0.15) is 16.5 Å². The third-order valence-corrected chi connectivity index (χ3v) is 5.18. The summed E-state index contributed by atoms with van der Waals surface area (Å²) in [5.41, 5.74) is -0.844. The summed E-state index contributed by atoms with van der Waals surface area (Å²) < 4.78 is 32.2. The molecule has 2 aromatic carbocycles. The number of halogens is 3. The predicted molar refractivity (Wildman–Crippen MR) is 98.8 cm³/mol. The van der Waals surface area contributed by atoms with Gasteiger partial charge in [0.2, 0.25) is 0 Å². The van der Waals surface area contributed by atoms with E-state index in [0.717, 1.165) is 29.5 Å². The van der Waals surface area contributed by atoms with E-state index in [4.69, 9.17) is 16.3 Å². The number of non-ortho nitro benzene ring substituents is 1. The molecule has 0 bridgehead atoms. The molecule has 1 aromatic heterocycles. The van der Waals surface area contributed by atoms with Crippen LogP contribution in [-0.4, -0.2) is 23.4 Å². The normalized spacial score (nSPS) is 10.7. The van der Waals surface area contributed by atoms with Gasteiger partial charge in [-0.1, -0.05) is 11.6 Å². The van der Waals surface area contributed by atoms with E-state index in [2.05, 4.69) is 5.32 Å². The van der Waals surface area contributed by atoms with Gasteiger partial charge in [0.05, 0.1) is 15.6 Å². The highest BCUT2D eigenvalue weighted by atomic mass is 35.5. The number of anilines is 1. The van der Waals surface area contributed by atoms with Gasteiger partial charge in [0, 0.05) is 22.2 Å². The standard InChI is InChI=1S/C17H9ClF2N2O5S/c18-15-10-3-1-8(19)5-13(10)28-16(15)17(24)27-7-14(23)21-12-6-9(22(25)26)2-4-11(12)20/h1-6H,7H2,(H,21,23). The number of nitro groups is 1. The van der Waals surface area contributed by atoms with Crippen LogP contribution in [0.2, 0.25) is 5.02 Å². The smallest absolute Gasteiger partial charge is 0.350 e. The van der Waals surface area contributed by atoms with E-state index in [1.807, 2.05) is 0 Å². The molecule has 3 rings (SSSR count). The van der Waals surface area contributed by atoms with Crippen LogP contribution in [0.3, 0.4) is 0 Å². The quantitative estimate of drug-likeness (QED) is 0.367. The van der Waals surface area contributed by atoms with Crippen molar-refractivity contribution in [3.63, 3.8) is 0 Å². The topological polar surface area (TPSA) is 98.5 Å². The second-order valence-corrected chi connectivity index (χ2v) is 6.86. The lowest BCUT2D eigenvalue weighted by atomic mass is 10.2. The predicted octanol–water partition coefficient (Wildman–Crippen LogP) is 4.54. The lowest BCUT2D eigenvalue weighted by Crippen LogP contribution is -2.21. The maximum atomic E-state index is 13.7. The molecule has 0 aliphatic heterocycles. The average Bonchev–Trinajstić information content (AvgIpc) is 2.97. The molecule has 0 aliphatic rings. The molecule has 144 valence electrons. The minimum absolute atomic E-state index is 0.0170. The van der Waals surface area contributed by atoms with Crippen molar-refractivity contribution in [3.05, 3.63) is 68.0 Å². The van der Waals surface area contributed by atoms with Crippen molar-refractivity contribution in [1.82, 2.24) is 0 Å². The largest absolute Gasteiger partial charge is 0.451 e. The first-order chi connectivity index (χ1) is 13.3. The monoisotopic (exact) mass is 426 g/mol. The van der Waals surface area contributed by atoms with Gasteiger partial charge in [-0.25, -0.2) is 13.6 Å². The molecule has 1 amide bonds. The van der Waals surface area contributed by atoms with Gasteiger partial charge in [-0.05, 0) is 24.3 Å². The third-order valence-electron chi connectivity index (χ3n) is 3.55. The van der Waals surface area contributed by atoms with Crippen LogP contribution in [0.15, 0.2) is 36.4 Å². The summed E-state index contributed by atoms with van der Waals surface area (Å²) >= 11 is 6.99.